The van der Waals surface area contributed by atoms with Gasteiger partial charge in [0.05, 0.1) is 11.1 Å². The zero-order chi connectivity index (χ0) is 27.6. The molecule has 0 bridgehead atoms. The van der Waals surface area contributed by atoms with E-state index in [0.29, 0.717) is 26.2 Å². The summed E-state index contributed by atoms with van der Waals surface area (Å²) in [5, 5.41) is 16.4. The van der Waals surface area contributed by atoms with E-state index < -0.39 is 44.8 Å². The number of hydrogen-bond acceptors (Lipinski definition) is 10. The molecule has 1 saturated heterocycles. The highest BCUT2D eigenvalue weighted by Gasteiger charge is 2.65. The molecular weight excluding hydrogens is 542 g/mol. The number of nitrogens with zero attached hydrogens (tertiary/aromatic N) is 4. The molecule has 0 radical (unpaired) electrons. The summed E-state index contributed by atoms with van der Waals surface area (Å²) in [6.45, 7) is 2.66. The Morgan fingerprint density at radius 2 is 1.59 bits per heavy atom. The number of halogens is 6. The number of aliphatic carboxylic acids is 1. The predicted molar refractivity (Wildman–Crippen MR) is 109 cm³/mol. The van der Waals surface area contributed by atoms with Crippen molar-refractivity contribution >= 4 is 27.9 Å². The number of carboxylic acid groups (broad SMARTS) is 1. The number of hydrogen-bond donors (Lipinski definition) is 3. The topological polar surface area (TPSA) is 167 Å². The number of amides is 1. The van der Waals surface area contributed by atoms with Crippen molar-refractivity contribution in [2.24, 2.45) is 10.2 Å². The number of anilines is 1. The molecule has 12 nitrogen and oxygen atoms in total. The maximum atomic E-state index is 13.0. The van der Waals surface area contributed by atoms with E-state index >= 15 is 0 Å². The molecule has 37 heavy (non-hydrogen) atoms. The van der Waals surface area contributed by atoms with E-state index in [2.05, 4.69) is 20.5 Å². The minimum absolute atomic E-state index is 0.192. The van der Waals surface area contributed by atoms with Gasteiger partial charge in [0.25, 0.3) is 16.0 Å². The molecule has 0 aliphatic carbocycles. The lowest BCUT2D eigenvalue weighted by atomic mass is 10.0. The third-order valence-electron chi connectivity index (χ3n) is 4.84. The largest absolute Gasteiger partial charge is 0.490 e. The summed E-state index contributed by atoms with van der Waals surface area (Å²) in [5.41, 5.74) is -2.98. The summed E-state index contributed by atoms with van der Waals surface area (Å²) in [5.74, 6) is -4.12. The van der Waals surface area contributed by atoms with Gasteiger partial charge < -0.3 is 19.7 Å². The van der Waals surface area contributed by atoms with Gasteiger partial charge in [0.1, 0.15) is 0 Å². The summed E-state index contributed by atoms with van der Waals surface area (Å²) in [4.78, 5) is 26.5. The van der Waals surface area contributed by atoms with Crippen LogP contribution in [0.1, 0.15) is 16.1 Å². The second kappa shape index (κ2) is 9.96. The Balaban J connectivity index is 0.000000479. The molecule has 0 saturated carbocycles. The average Bonchev–Trinajstić information content (AvgIpc) is 3.50. The monoisotopic (exact) mass is 558 g/mol. The van der Waals surface area contributed by atoms with Crippen molar-refractivity contribution in [3.63, 3.8) is 0 Å². The zero-order valence-corrected chi connectivity index (χ0v) is 19.0. The number of sulfonamides is 1. The van der Waals surface area contributed by atoms with Crippen molar-refractivity contribution < 1.29 is 53.9 Å². The number of carboxylic acids is 1. The number of rotatable bonds is 5. The molecule has 0 atom stereocenters. The summed E-state index contributed by atoms with van der Waals surface area (Å²) in [6.07, 6.45) is -8.70. The van der Waals surface area contributed by atoms with Gasteiger partial charge in [-0.2, -0.15) is 26.3 Å². The molecule has 202 valence electrons. The third-order valence-corrected chi connectivity index (χ3v) is 6.18. The highest BCUT2D eigenvalue weighted by atomic mass is 32.2. The number of aromatic nitrogens is 1. The number of nitrogens with one attached hydrogen (secondary N) is 2. The number of carbonyl (C=O) groups excluding carboxylic acids is 1. The molecule has 0 unspecified atom stereocenters. The molecule has 1 aromatic heterocycles. The van der Waals surface area contributed by atoms with Crippen LogP contribution in [0.25, 0.3) is 0 Å². The molecule has 2 aliphatic heterocycles. The summed E-state index contributed by atoms with van der Waals surface area (Å²) < 4.78 is 103. The number of carbonyl (C=O) groups is 2. The highest BCUT2D eigenvalue weighted by molar-refractivity contribution is 7.90. The minimum Gasteiger partial charge on any atom is -0.475 e. The van der Waals surface area contributed by atoms with E-state index in [1.165, 1.54) is 0 Å². The fourth-order valence-electron chi connectivity index (χ4n) is 2.91. The minimum atomic E-state index is -5.08. The van der Waals surface area contributed by atoms with Crippen molar-refractivity contribution in [3.8, 4) is 0 Å². The van der Waals surface area contributed by atoms with E-state index in [1.54, 1.807) is 4.90 Å². The number of oxazole rings is 1. The number of benzene rings is 1. The van der Waals surface area contributed by atoms with Crippen molar-refractivity contribution in [1.29, 1.82) is 0 Å². The second-order valence-electron chi connectivity index (χ2n) is 7.38. The first kappa shape index (κ1) is 27.8. The Hall–Kier alpha value is -3.74. The molecule has 0 spiro atoms. The van der Waals surface area contributed by atoms with Gasteiger partial charge in [-0.05, 0) is 12.1 Å². The Labute approximate surface area is 203 Å². The van der Waals surface area contributed by atoms with Gasteiger partial charge in [0, 0.05) is 31.7 Å². The van der Waals surface area contributed by atoms with Crippen molar-refractivity contribution in [2.75, 3.05) is 31.1 Å². The third kappa shape index (κ3) is 6.34. The van der Waals surface area contributed by atoms with Gasteiger partial charge in [-0.25, -0.2) is 22.9 Å². The maximum absolute atomic E-state index is 13.0. The first-order valence-electron chi connectivity index (χ1n) is 9.97. The van der Waals surface area contributed by atoms with Gasteiger partial charge >= 0.3 is 29.9 Å². The molecule has 3 heterocycles. The van der Waals surface area contributed by atoms with Gasteiger partial charge in [0.2, 0.25) is 5.76 Å². The van der Waals surface area contributed by atoms with Crippen LogP contribution in [-0.2, 0) is 20.5 Å². The summed E-state index contributed by atoms with van der Waals surface area (Å²) in [6, 6.07) is 3.97. The van der Waals surface area contributed by atoms with Crippen LogP contribution < -0.4 is 14.9 Å². The van der Waals surface area contributed by atoms with Crippen molar-refractivity contribution in [3.05, 3.63) is 41.8 Å². The van der Waals surface area contributed by atoms with Crippen LogP contribution in [0.3, 0.4) is 0 Å². The van der Waals surface area contributed by atoms with Crippen LogP contribution in [0.5, 0.6) is 0 Å². The molecule has 1 amide bonds. The van der Waals surface area contributed by atoms with Crippen LogP contribution in [-0.4, -0.2) is 68.9 Å². The van der Waals surface area contributed by atoms with Crippen molar-refractivity contribution in [2.45, 2.75) is 22.9 Å². The van der Waals surface area contributed by atoms with Gasteiger partial charge in [-0.15, -0.1) is 10.2 Å². The fraction of sp³-hybridized carbons (Fsp3) is 0.389. The number of piperazine rings is 1. The van der Waals surface area contributed by atoms with Crippen LogP contribution in [0.2, 0.25) is 0 Å². The van der Waals surface area contributed by atoms with Gasteiger partial charge in [0.15, 0.2) is 0 Å². The Morgan fingerprint density at radius 1 is 1.05 bits per heavy atom. The quantitative estimate of drug-likeness (QED) is 0.465. The average molecular weight is 558 g/mol. The Kier molecular flexibility index (Phi) is 7.49. The summed E-state index contributed by atoms with van der Waals surface area (Å²) >= 11 is 0. The standard InChI is InChI=1S/C16H15F3N6O4S.C2HF3O2/c17-16(18,19)15(23-24-15)10-1-3-11(4-2-10)30(27,28)22-13(26)12-9-21-14(29-12)25-7-5-20-6-8-25;3-2(4,5)1(6)7/h1-4,9,20H,5-8H2,(H,22,26);(H,6,7). The molecule has 2 aliphatic rings. The fourth-order valence-corrected chi connectivity index (χ4v) is 3.87. The molecule has 2 aromatic rings. The zero-order valence-electron chi connectivity index (χ0n) is 18.2. The molecular formula is C18H16F6N6O6S. The SMILES string of the molecule is O=C(NS(=O)(=O)c1ccc(C2(C(F)(F)F)N=N2)cc1)c1cnc(N2CCNCC2)o1.O=C(O)C(F)(F)F. The molecule has 1 fully saturated rings. The van der Waals surface area contributed by atoms with Crippen molar-refractivity contribution in [1.82, 2.24) is 15.0 Å². The lowest BCUT2D eigenvalue weighted by molar-refractivity contribution is -0.192. The second-order valence-corrected chi connectivity index (χ2v) is 9.06. The first-order valence-corrected chi connectivity index (χ1v) is 11.5. The Bertz CT molecular complexity index is 1280. The normalized spacial score (nSPS) is 17.0. The summed E-state index contributed by atoms with van der Waals surface area (Å²) in [7, 11) is -4.35. The molecule has 3 N–H and O–H groups in total. The Morgan fingerprint density at radius 3 is 2.05 bits per heavy atom. The predicted octanol–water partition coefficient (Wildman–Crippen LogP) is 2.02. The molecule has 19 heteroatoms. The molecule has 4 rings (SSSR count). The smallest absolute Gasteiger partial charge is 0.475 e. The maximum Gasteiger partial charge on any atom is 0.490 e. The van der Waals surface area contributed by atoms with E-state index in [0.717, 1.165) is 30.5 Å². The van der Waals surface area contributed by atoms with Crippen LogP contribution >= 0.6 is 0 Å². The van der Waals surface area contributed by atoms with E-state index in [1.807, 2.05) is 4.72 Å². The first-order chi connectivity index (χ1) is 17.1. The van der Waals surface area contributed by atoms with Crippen LogP contribution in [0.15, 0.2) is 50.0 Å². The van der Waals surface area contributed by atoms with E-state index in [-0.39, 0.29) is 17.3 Å². The highest BCUT2D eigenvalue weighted by Crippen LogP contribution is 2.52. The van der Waals surface area contributed by atoms with Crippen LogP contribution in [0, 0.1) is 0 Å². The van der Waals surface area contributed by atoms with E-state index in [9.17, 15) is 39.6 Å². The van der Waals surface area contributed by atoms with Crippen LogP contribution in [0.4, 0.5) is 32.4 Å². The molecule has 1 aromatic carbocycles. The number of alkyl halides is 6. The van der Waals surface area contributed by atoms with Gasteiger partial charge in [-0.1, -0.05) is 12.1 Å². The lowest BCUT2D eigenvalue weighted by Crippen LogP contribution is -2.43. The van der Waals surface area contributed by atoms with E-state index in [4.69, 9.17) is 14.3 Å². The lowest BCUT2D eigenvalue weighted by Gasteiger charge is -2.25. The van der Waals surface area contributed by atoms with Gasteiger partial charge in [-0.3, -0.25) is 4.79 Å².